The summed E-state index contributed by atoms with van der Waals surface area (Å²) in [6.45, 7) is 4.88. The molecule has 0 unspecified atom stereocenters. The molecule has 0 aliphatic rings. The van der Waals surface area contributed by atoms with Crippen LogP contribution in [-0.4, -0.2) is 23.7 Å². The molecule has 0 aliphatic carbocycles. The van der Waals surface area contributed by atoms with E-state index in [0.29, 0.717) is 23.0 Å². The average molecular weight is 349 g/mol. The Balaban J connectivity index is 1.76. The predicted molar refractivity (Wildman–Crippen MR) is 85.5 cm³/mol. The van der Waals surface area contributed by atoms with Crippen molar-refractivity contribution in [2.24, 2.45) is 0 Å². The van der Waals surface area contributed by atoms with Gasteiger partial charge in [-0.05, 0) is 32.9 Å². The van der Waals surface area contributed by atoms with E-state index in [0.717, 1.165) is 0 Å². The molecule has 0 atom stereocenters. The summed E-state index contributed by atoms with van der Waals surface area (Å²) in [5.41, 5.74) is 0.934. The molecule has 24 heavy (non-hydrogen) atoms. The Hall–Kier alpha value is -2.88. The molecule has 126 valence electrons. The quantitative estimate of drug-likeness (QED) is 0.720. The highest BCUT2D eigenvalue weighted by Crippen LogP contribution is 2.22. The maximum Gasteiger partial charge on any atom is 0.268 e. The second-order valence-corrected chi connectivity index (χ2v) is 6.76. The molecule has 10 heteroatoms. The van der Waals surface area contributed by atoms with E-state index in [1.54, 1.807) is 26.0 Å². The van der Waals surface area contributed by atoms with Gasteiger partial charge in [0.05, 0.1) is 11.9 Å². The van der Waals surface area contributed by atoms with E-state index in [2.05, 4.69) is 25.3 Å². The van der Waals surface area contributed by atoms with Gasteiger partial charge in [0.1, 0.15) is 17.3 Å². The van der Waals surface area contributed by atoms with Gasteiger partial charge in [-0.3, -0.25) is 4.72 Å². The van der Waals surface area contributed by atoms with Crippen LogP contribution in [0.1, 0.15) is 17.2 Å². The first-order valence-electron chi connectivity index (χ1n) is 6.97. The van der Waals surface area contributed by atoms with Gasteiger partial charge in [0.15, 0.2) is 16.5 Å². The number of aromatic nitrogens is 3. The van der Waals surface area contributed by atoms with Gasteiger partial charge in [0.25, 0.3) is 10.0 Å². The highest BCUT2D eigenvalue weighted by Gasteiger charge is 2.24. The van der Waals surface area contributed by atoms with Crippen LogP contribution in [0.2, 0.25) is 0 Å². The summed E-state index contributed by atoms with van der Waals surface area (Å²) in [5.74, 6) is 1.62. The van der Waals surface area contributed by atoms with E-state index in [-0.39, 0.29) is 16.5 Å². The Morgan fingerprint density at radius 2 is 1.83 bits per heavy atom. The normalized spacial score (nSPS) is 11.5. The van der Waals surface area contributed by atoms with Crippen LogP contribution in [-0.2, 0) is 10.0 Å². The van der Waals surface area contributed by atoms with Crippen LogP contribution in [0.25, 0.3) is 0 Å². The van der Waals surface area contributed by atoms with Crippen molar-refractivity contribution >= 4 is 27.3 Å². The molecule has 0 fully saturated rings. The minimum Gasteiger partial charge on any atom is -0.360 e. The number of pyridine rings is 1. The Bertz CT molecular complexity index is 940. The van der Waals surface area contributed by atoms with Crippen LogP contribution in [0, 0.1) is 20.8 Å². The van der Waals surface area contributed by atoms with Crippen molar-refractivity contribution in [2.45, 2.75) is 25.7 Å². The van der Waals surface area contributed by atoms with Gasteiger partial charge in [-0.25, -0.2) is 13.4 Å². The zero-order chi connectivity index (χ0) is 17.3. The van der Waals surface area contributed by atoms with E-state index in [1.165, 1.54) is 19.2 Å². The first kappa shape index (κ1) is 16.0. The molecule has 0 spiro atoms. The number of nitrogens with one attached hydrogen (secondary N) is 2. The summed E-state index contributed by atoms with van der Waals surface area (Å²) >= 11 is 0. The fourth-order valence-corrected chi connectivity index (χ4v) is 3.49. The van der Waals surface area contributed by atoms with Gasteiger partial charge in [-0.2, -0.15) is 0 Å². The van der Waals surface area contributed by atoms with Crippen LogP contribution in [0.15, 0.2) is 38.3 Å². The lowest BCUT2D eigenvalue weighted by Gasteiger charge is -2.07. The molecule has 0 aromatic carbocycles. The van der Waals surface area contributed by atoms with Gasteiger partial charge >= 0.3 is 0 Å². The number of rotatable bonds is 5. The fraction of sp³-hybridized carbons (Fsp3) is 0.214. The Morgan fingerprint density at radius 1 is 1.04 bits per heavy atom. The summed E-state index contributed by atoms with van der Waals surface area (Å²) in [6.07, 6.45) is 1.48. The van der Waals surface area contributed by atoms with Crippen molar-refractivity contribution in [2.75, 3.05) is 10.0 Å². The molecule has 0 aliphatic heterocycles. The van der Waals surface area contributed by atoms with Crippen molar-refractivity contribution in [1.29, 1.82) is 0 Å². The van der Waals surface area contributed by atoms with Crippen molar-refractivity contribution in [3.8, 4) is 0 Å². The van der Waals surface area contributed by atoms with E-state index in [1.807, 2.05) is 0 Å². The van der Waals surface area contributed by atoms with E-state index < -0.39 is 10.0 Å². The summed E-state index contributed by atoms with van der Waals surface area (Å²) in [6, 6.07) is 4.93. The summed E-state index contributed by atoms with van der Waals surface area (Å²) in [7, 11) is -3.82. The van der Waals surface area contributed by atoms with E-state index >= 15 is 0 Å². The van der Waals surface area contributed by atoms with Gasteiger partial charge in [-0.15, -0.1) is 0 Å². The number of nitrogens with zero attached hydrogens (tertiary/aromatic N) is 3. The average Bonchev–Trinajstić information content (AvgIpc) is 3.07. The van der Waals surface area contributed by atoms with Crippen molar-refractivity contribution in [3.63, 3.8) is 0 Å². The lowest BCUT2D eigenvalue weighted by atomic mass is 10.4. The fourth-order valence-electron chi connectivity index (χ4n) is 2.15. The van der Waals surface area contributed by atoms with E-state index in [9.17, 15) is 8.42 Å². The highest BCUT2D eigenvalue weighted by atomic mass is 32.2. The van der Waals surface area contributed by atoms with Gasteiger partial charge < -0.3 is 14.4 Å². The molecule has 0 saturated heterocycles. The smallest absolute Gasteiger partial charge is 0.268 e. The van der Waals surface area contributed by atoms with Crippen molar-refractivity contribution < 1.29 is 17.5 Å². The summed E-state index contributed by atoms with van der Waals surface area (Å²) < 4.78 is 37.0. The van der Waals surface area contributed by atoms with Crippen LogP contribution < -0.4 is 10.0 Å². The summed E-state index contributed by atoms with van der Waals surface area (Å²) in [4.78, 5) is 4.09. The molecule has 0 bridgehead atoms. The Labute approximate surface area is 138 Å². The molecule has 3 rings (SSSR count). The number of aryl methyl sites for hydroxylation is 3. The first-order valence-corrected chi connectivity index (χ1v) is 8.45. The zero-order valence-electron chi connectivity index (χ0n) is 13.2. The van der Waals surface area contributed by atoms with Crippen LogP contribution in [0.4, 0.5) is 17.3 Å². The van der Waals surface area contributed by atoms with Crippen LogP contribution >= 0.6 is 0 Å². The molecular weight excluding hydrogens is 334 g/mol. The molecule has 3 heterocycles. The molecule has 3 aromatic rings. The minimum atomic E-state index is -3.82. The number of hydrogen-bond acceptors (Lipinski definition) is 8. The topological polar surface area (TPSA) is 123 Å². The third-order valence-corrected chi connectivity index (χ3v) is 4.74. The van der Waals surface area contributed by atoms with Crippen molar-refractivity contribution in [1.82, 2.24) is 15.3 Å². The van der Waals surface area contributed by atoms with Crippen LogP contribution in [0.3, 0.4) is 0 Å². The van der Waals surface area contributed by atoms with E-state index in [4.69, 9.17) is 9.05 Å². The SMILES string of the molecule is Cc1cc(Nc2ccc(NS(=O)(=O)c3c(C)noc3C)nc2)no1. The standard InChI is InChI=1S/C14H15N5O4S/c1-8-6-13(18-22-8)16-11-4-5-12(15-7-11)19-24(20,21)14-9(2)17-23-10(14)3/h4-7H,1-3H3,(H,15,19)(H,16,18). The first-order chi connectivity index (χ1) is 11.3. The number of hydrogen-bond donors (Lipinski definition) is 2. The maximum atomic E-state index is 12.4. The molecule has 0 radical (unpaired) electrons. The lowest BCUT2D eigenvalue weighted by Crippen LogP contribution is -2.15. The molecule has 3 aromatic heterocycles. The largest absolute Gasteiger partial charge is 0.360 e. The van der Waals surface area contributed by atoms with Gasteiger partial charge in [-0.1, -0.05) is 10.3 Å². The maximum absolute atomic E-state index is 12.4. The van der Waals surface area contributed by atoms with Gasteiger partial charge in [0.2, 0.25) is 0 Å². The number of anilines is 3. The summed E-state index contributed by atoms with van der Waals surface area (Å²) in [5, 5.41) is 10.4. The van der Waals surface area contributed by atoms with Crippen molar-refractivity contribution in [3.05, 3.63) is 41.6 Å². The molecule has 0 saturated carbocycles. The molecular formula is C14H15N5O4S. The van der Waals surface area contributed by atoms with Crippen LogP contribution in [0.5, 0.6) is 0 Å². The van der Waals surface area contributed by atoms with Gasteiger partial charge in [0, 0.05) is 6.07 Å². The zero-order valence-corrected chi connectivity index (χ0v) is 14.0. The molecule has 2 N–H and O–H groups in total. The minimum absolute atomic E-state index is 0.0181. The predicted octanol–water partition coefficient (Wildman–Crippen LogP) is 2.53. The Kier molecular flexibility index (Phi) is 3.97. The second-order valence-electron chi connectivity index (χ2n) is 5.14. The highest BCUT2D eigenvalue weighted by molar-refractivity contribution is 7.92. The monoisotopic (exact) mass is 349 g/mol. The molecule has 0 amide bonds. The number of sulfonamides is 1. The molecule has 9 nitrogen and oxygen atoms in total. The lowest BCUT2D eigenvalue weighted by molar-refractivity contribution is 0.390. The second kappa shape index (κ2) is 5.96. The third kappa shape index (κ3) is 3.23. The Morgan fingerprint density at radius 3 is 2.38 bits per heavy atom. The third-order valence-electron chi connectivity index (χ3n) is 3.14.